The standard InChI is InChI=1S/C33H39NO4S/c1-2-37-32(35)33(20-22-34(23-21-33)29-14-7-15-29)39(36)31-18-16-30(17-19-31)38-24-8-10-26-9-6-13-28(25-26)27-11-4-3-5-12-27/h3-6,9,11-13,16-19,25,29H,2,7-8,10,14-15,20-24H2,1H3. The molecule has 2 aliphatic rings. The maximum Gasteiger partial charge on any atom is 0.325 e. The molecule has 1 saturated heterocycles. The van der Waals surface area contributed by atoms with Crippen LogP contribution in [-0.2, 0) is 26.8 Å². The first-order valence-corrected chi connectivity index (χ1v) is 15.4. The number of hydrogen-bond acceptors (Lipinski definition) is 5. The molecule has 0 spiro atoms. The monoisotopic (exact) mass is 545 g/mol. The fourth-order valence-corrected chi connectivity index (χ4v) is 7.22. The van der Waals surface area contributed by atoms with Crippen LogP contribution in [0.15, 0.2) is 83.8 Å². The van der Waals surface area contributed by atoms with Gasteiger partial charge in [-0.1, -0.05) is 61.0 Å². The molecule has 0 N–H and O–H groups in total. The average Bonchev–Trinajstić information content (AvgIpc) is 2.96. The molecule has 1 saturated carbocycles. The molecule has 1 aliphatic heterocycles. The predicted octanol–water partition coefficient (Wildman–Crippen LogP) is 6.42. The van der Waals surface area contributed by atoms with Gasteiger partial charge in [-0.25, -0.2) is 0 Å². The molecule has 0 radical (unpaired) electrons. The fraction of sp³-hybridized carbons (Fsp3) is 0.424. The van der Waals surface area contributed by atoms with Gasteiger partial charge in [0.1, 0.15) is 10.5 Å². The summed E-state index contributed by atoms with van der Waals surface area (Å²) in [6.45, 7) is 4.30. The predicted molar refractivity (Wildman–Crippen MR) is 156 cm³/mol. The number of piperidine rings is 1. The first-order valence-electron chi connectivity index (χ1n) is 14.3. The van der Waals surface area contributed by atoms with E-state index in [2.05, 4.69) is 53.4 Å². The lowest BCUT2D eigenvalue weighted by molar-refractivity contribution is -0.147. The zero-order valence-corrected chi connectivity index (χ0v) is 23.7. The molecule has 206 valence electrons. The highest BCUT2D eigenvalue weighted by Gasteiger charge is 2.49. The number of carbonyl (C=O) groups excluding carboxylic acids is 1. The topological polar surface area (TPSA) is 55.8 Å². The Morgan fingerprint density at radius 3 is 2.33 bits per heavy atom. The second-order valence-electron chi connectivity index (χ2n) is 10.6. The second-order valence-corrected chi connectivity index (χ2v) is 12.4. The minimum atomic E-state index is -1.49. The summed E-state index contributed by atoms with van der Waals surface area (Å²) in [6, 6.07) is 27.1. The summed E-state index contributed by atoms with van der Waals surface area (Å²) in [5.41, 5.74) is 3.74. The number of benzene rings is 3. The Morgan fingerprint density at radius 2 is 1.67 bits per heavy atom. The summed E-state index contributed by atoms with van der Waals surface area (Å²) in [5, 5.41) is 0. The Hall–Kier alpha value is -2.96. The number of carbonyl (C=O) groups is 1. The maximum absolute atomic E-state index is 13.8. The average molecular weight is 546 g/mol. The summed E-state index contributed by atoms with van der Waals surface area (Å²) in [6.07, 6.45) is 6.72. The molecule has 1 atom stereocenters. The van der Waals surface area contributed by atoms with Crippen LogP contribution in [0.25, 0.3) is 11.1 Å². The molecule has 1 aliphatic carbocycles. The number of ether oxygens (including phenoxy) is 2. The van der Waals surface area contributed by atoms with E-state index in [0.29, 0.717) is 37.0 Å². The molecular formula is C33H39NO4S. The number of aryl methyl sites for hydroxylation is 1. The summed E-state index contributed by atoms with van der Waals surface area (Å²) < 4.78 is 24.3. The van der Waals surface area contributed by atoms with Gasteiger partial charge in [-0.3, -0.25) is 9.00 Å². The van der Waals surface area contributed by atoms with Gasteiger partial charge in [0.25, 0.3) is 0 Å². The number of nitrogens with zero attached hydrogens (tertiary/aromatic N) is 1. The third kappa shape index (κ3) is 6.44. The lowest BCUT2D eigenvalue weighted by Crippen LogP contribution is -2.55. The molecule has 2 fully saturated rings. The highest BCUT2D eigenvalue weighted by atomic mass is 32.2. The van der Waals surface area contributed by atoms with Crippen molar-refractivity contribution in [2.24, 2.45) is 0 Å². The summed E-state index contributed by atoms with van der Waals surface area (Å²) in [4.78, 5) is 16.2. The number of rotatable bonds is 11. The molecule has 1 unspecified atom stereocenters. The molecule has 39 heavy (non-hydrogen) atoms. The lowest BCUT2D eigenvalue weighted by Gasteiger charge is -2.45. The number of likely N-dealkylation sites (tertiary alicyclic amines) is 1. The number of hydrogen-bond donors (Lipinski definition) is 0. The van der Waals surface area contributed by atoms with E-state index >= 15 is 0 Å². The van der Waals surface area contributed by atoms with Crippen molar-refractivity contribution in [1.29, 1.82) is 0 Å². The zero-order chi connectivity index (χ0) is 27.1. The van der Waals surface area contributed by atoms with E-state index in [0.717, 1.165) is 31.7 Å². The second kappa shape index (κ2) is 12.9. The third-order valence-corrected chi connectivity index (χ3v) is 10.1. The van der Waals surface area contributed by atoms with Gasteiger partial charge >= 0.3 is 5.97 Å². The first-order chi connectivity index (χ1) is 19.1. The van der Waals surface area contributed by atoms with Gasteiger partial charge < -0.3 is 14.4 Å². The van der Waals surface area contributed by atoms with E-state index in [4.69, 9.17) is 9.47 Å². The van der Waals surface area contributed by atoms with Crippen LogP contribution in [0.5, 0.6) is 5.75 Å². The van der Waals surface area contributed by atoms with Crippen molar-refractivity contribution < 1.29 is 18.5 Å². The Balaban J connectivity index is 1.16. The highest BCUT2D eigenvalue weighted by molar-refractivity contribution is 7.87. The van der Waals surface area contributed by atoms with E-state index in [1.165, 1.54) is 36.0 Å². The van der Waals surface area contributed by atoms with E-state index < -0.39 is 15.5 Å². The van der Waals surface area contributed by atoms with Gasteiger partial charge in [0.2, 0.25) is 0 Å². The van der Waals surface area contributed by atoms with Crippen LogP contribution in [0.4, 0.5) is 0 Å². The van der Waals surface area contributed by atoms with Crippen molar-refractivity contribution in [2.45, 2.75) is 67.6 Å². The normalized spacial score (nSPS) is 18.2. The first kappa shape index (κ1) is 27.6. The molecule has 3 aromatic carbocycles. The van der Waals surface area contributed by atoms with Gasteiger partial charge in [-0.05, 0) is 86.4 Å². The van der Waals surface area contributed by atoms with E-state index in [-0.39, 0.29) is 5.97 Å². The molecule has 0 amide bonds. The minimum Gasteiger partial charge on any atom is -0.494 e. The fourth-order valence-electron chi connectivity index (χ4n) is 5.62. The van der Waals surface area contributed by atoms with Gasteiger partial charge in [-0.2, -0.15) is 0 Å². The largest absolute Gasteiger partial charge is 0.494 e. The van der Waals surface area contributed by atoms with E-state index in [9.17, 15) is 9.00 Å². The van der Waals surface area contributed by atoms with Crippen LogP contribution in [0, 0.1) is 0 Å². The molecule has 3 aromatic rings. The number of esters is 1. The quantitative estimate of drug-likeness (QED) is 0.206. The molecule has 1 heterocycles. The van der Waals surface area contributed by atoms with E-state index in [1.54, 1.807) is 0 Å². The van der Waals surface area contributed by atoms with Crippen molar-refractivity contribution in [2.75, 3.05) is 26.3 Å². The molecule has 0 bridgehead atoms. The van der Waals surface area contributed by atoms with Crippen LogP contribution in [-0.4, -0.2) is 52.2 Å². The molecule has 5 rings (SSSR count). The van der Waals surface area contributed by atoms with Crippen molar-refractivity contribution in [3.63, 3.8) is 0 Å². The van der Waals surface area contributed by atoms with Gasteiger partial charge in [0.15, 0.2) is 0 Å². The van der Waals surface area contributed by atoms with Gasteiger partial charge in [0.05, 0.1) is 24.0 Å². The lowest BCUT2D eigenvalue weighted by atomic mass is 9.87. The molecule has 0 aromatic heterocycles. The van der Waals surface area contributed by atoms with E-state index in [1.807, 2.05) is 37.3 Å². The highest BCUT2D eigenvalue weighted by Crippen LogP contribution is 2.37. The molecule has 5 nitrogen and oxygen atoms in total. The summed E-state index contributed by atoms with van der Waals surface area (Å²) in [7, 11) is -1.49. The Bertz CT molecular complexity index is 1250. The van der Waals surface area contributed by atoms with Crippen LogP contribution in [0.3, 0.4) is 0 Å². The van der Waals surface area contributed by atoms with Crippen molar-refractivity contribution in [3.8, 4) is 16.9 Å². The van der Waals surface area contributed by atoms with Crippen LogP contribution < -0.4 is 4.74 Å². The Morgan fingerprint density at radius 1 is 0.949 bits per heavy atom. The smallest absolute Gasteiger partial charge is 0.325 e. The van der Waals surface area contributed by atoms with Gasteiger partial charge in [-0.15, -0.1) is 0 Å². The third-order valence-electron chi connectivity index (χ3n) is 8.15. The minimum absolute atomic E-state index is 0.299. The molecule has 6 heteroatoms. The van der Waals surface area contributed by atoms with Crippen molar-refractivity contribution in [1.82, 2.24) is 4.90 Å². The zero-order valence-electron chi connectivity index (χ0n) is 22.8. The Kier molecular flexibility index (Phi) is 9.15. The van der Waals surface area contributed by atoms with Crippen molar-refractivity contribution >= 4 is 16.8 Å². The van der Waals surface area contributed by atoms with Gasteiger partial charge in [0, 0.05) is 24.0 Å². The molecular weight excluding hydrogens is 506 g/mol. The summed E-state index contributed by atoms with van der Waals surface area (Å²) >= 11 is 0. The van der Waals surface area contributed by atoms with Crippen molar-refractivity contribution in [3.05, 3.63) is 84.4 Å². The summed E-state index contributed by atoms with van der Waals surface area (Å²) in [5.74, 6) is 0.423. The van der Waals surface area contributed by atoms with Crippen LogP contribution >= 0.6 is 0 Å². The maximum atomic E-state index is 13.8. The Labute approximate surface area is 235 Å². The van der Waals surface area contributed by atoms with Crippen LogP contribution in [0.2, 0.25) is 0 Å². The van der Waals surface area contributed by atoms with Crippen LogP contribution in [0.1, 0.15) is 51.0 Å². The SMILES string of the molecule is CCOC(=O)C1(S(=O)c2ccc(OCCCc3cccc(-c4ccccc4)c3)cc2)CCN(C2CCC2)CC1.